The zero-order chi connectivity index (χ0) is 21.8. The van der Waals surface area contributed by atoms with Gasteiger partial charge in [-0.05, 0) is 30.3 Å². The summed E-state index contributed by atoms with van der Waals surface area (Å²) in [5.74, 6) is 0.127. The van der Waals surface area contributed by atoms with Gasteiger partial charge in [-0.2, -0.15) is 0 Å². The number of imidazole rings is 1. The number of amides is 1. The van der Waals surface area contributed by atoms with Crippen LogP contribution in [-0.4, -0.2) is 41.7 Å². The summed E-state index contributed by atoms with van der Waals surface area (Å²) < 4.78 is 32.3. The van der Waals surface area contributed by atoms with Crippen LogP contribution < -0.4 is 10.1 Å². The lowest BCUT2D eigenvalue weighted by atomic mass is 10.1. The molecule has 0 unspecified atom stereocenters. The van der Waals surface area contributed by atoms with Gasteiger partial charge in [0.1, 0.15) is 17.1 Å². The first-order valence-electron chi connectivity index (χ1n) is 9.21. The van der Waals surface area contributed by atoms with Gasteiger partial charge in [-0.25, -0.2) is 18.4 Å². The predicted molar refractivity (Wildman–Crippen MR) is 119 cm³/mol. The maximum atomic E-state index is 13.3. The van der Waals surface area contributed by atoms with E-state index in [0.29, 0.717) is 21.5 Å². The van der Waals surface area contributed by atoms with Crippen LogP contribution in [0, 0.1) is 0 Å². The summed E-state index contributed by atoms with van der Waals surface area (Å²) in [5, 5.41) is 3.62. The van der Waals surface area contributed by atoms with E-state index in [1.165, 1.54) is 15.9 Å². The van der Waals surface area contributed by atoms with E-state index in [9.17, 15) is 13.2 Å². The first-order chi connectivity index (χ1) is 14.9. The number of nitrogens with zero attached hydrogens (tertiary/aromatic N) is 3. The molecular weight excluding hydrogens is 460 g/mol. The van der Waals surface area contributed by atoms with E-state index in [4.69, 9.17) is 16.3 Å². The zero-order valence-electron chi connectivity index (χ0n) is 16.1. The smallest absolute Gasteiger partial charge is 0.276 e. The number of sulfone groups is 1. The summed E-state index contributed by atoms with van der Waals surface area (Å²) in [4.78, 5) is 22.0. The minimum Gasteiger partial charge on any atom is -0.497 e. The van der Waals surface area contributed by atoms with Gasteiger partial charge in [-0.1, -0.05) is 35.1 Å². The van der Waals surface area contributed by atoms with Gasteiger partial charge in [0.15, 0.2) is 5.13 Å². The molecule has 0 bridgehead atoms. The van der Waals surface area contributed by atoms with Gasteiger partial charge >= 0.3 is 0 Å². The molecule has 158 valence electrons. The molecule has 2 aromatic carbocycles. The number of aromatic nitrogens is 3. The summed E-state index contributed by atoms with van der Waals surface area (Å²) in [6.45, 7) is 0.165. The molecule has 0 spiro atoms. The van der Waals surface area contributed by atoms with E-state index in [1.54, 1.807) is 37.4 Å². The largest absolute Gasteiger partial charge is 0.497 e. The Morgan fingerprint density at radius 3 is 2.71 bits per heavy atom. The third-order valence-corrected chi connectivity index (χ3v) is 7.72. The number of ether oxygens (including phenoxy) is 1. The Morgan fingerprint density at radius 1 is 1.19 bits per heavy atom. The van der Waals surface area contributed by atoms with E-state index >= 15 is 0 Å². The Bertz CT molecular complexity index is 1440. The van der Waals surface area contributed by atoms with Crippen molar-refractivity contribution in [2.75, 3.05) is 18.2 Å². The van der Waals surface area contributed by atoms with Gasteiger partial charge in [0, 0.05) is 17.1 Å². The Morgan fingerprint density at radius 2 is 1.97 bits per heavy atom. The topological polar surface area (TPSA) is 103 Å². The number of methoxy groups -OCH3 is 1. The van der Waals surface area contributed by atoms with Crippen LogP contribution in [0.1, 0.15) is 10.5 Å². The quantitative estimate of drug-likeness (QED) is 0.481. The van der Waals surface area contributed by atoms with Gasteiger partial charge in [0.25, 0.3) is 5.91 Å². The van der Waals surface area contributed by atoms with Crippen LogP contribution in [0.2, 0.25) is 5.02 Å². The number of fused-ring (bicyclic) bond motifs is 2. The molecule has 8 nitrogen and oxygen atoms in total. The van der Waals surface area contributed by atoms with Crippen molar-refractivity contribution in [3.63, 3.8) is 0 Å². The average Bonchev–Trinajstić information content (AvgIpc) is 3.40. The monoisotopic (exact) mass is 474 g/mol. The molecule has 0 aliphatic carbocycles. The number of benzene rings is 2. The van der Waals surface area contributed by atoms with Crippen LogP contribution in [0.15, 0.2) is 47.6 Å². The third-order valence-electron chi connectivity index (χ3n) is 4.94. The number of carbonyl (C=O) groups excluding carboxylic acids is 1. The summed E-state index contributed by atoms with van der Waals surface area (Å²) in [7, 11) is -1.96. The minimum absolute atomic E-state index is 0.0859. The molecule has 1 amide bonds. The normalized spacial score (nSPS) is 14.5. The molecule has 1 aliphatic rings. The fourth-order valence-electron chi connectivity index (χ4n) is 3.46. The van der Waals surface area contributed by atoms with Crippen LogP contribution >= 0.6 is 22.9 Å². The van der Waals surface area contributed by atoms with Crippen LogP contribution in [0.5, 0.6) is 5.75 Å². The molecular formula is C20H15ClN4O4S2. The van der Waals surface area contributed by atoms with Crippen molar-refractivity contribution in [1.29, 1.82) is 0 Å². The first-order valence-corrected chi connectivity index (χ1v) is 12.1. The second-order valence-electron chi connectivity index (χ2n) is 6.88. The molecule has 0 radical (unpaired) electrons. The van der Waals surface area contributed by atoms with Crippen molar-refractivity contribution in [1.82, 2.24) is 14.5 Å². The average molecular weight is 475 g/mol. The Hall–Kier alpha value is -2.95. The molecule has 11 heteroatoms. The van der Waals surface area contributed by atoms with Crippen LogP contribution in [0.25, 0.3) is 21.5 Å². The second kappa shape index (κ2) is 7.33. The highest BCUT2D eigenvalue weighted by Crippen LogP contribution is 2.33. The van der Waals surface area contributed by atoms with Gasteiger partial charge in [-0.3, -0.25) is 10.1 Å². The van der Waals surface area contributed by atoms with Crippen LogP contribution in [-0.2, 0) is 16.4 Å². The maximum absolute atomic E-state index is 13.3. The predicted octanol–water partition coefficient (Wildman–Crippen LogP) is 3.86. The van der Waals surface area contributed by atoms with E-state index in [-0.39, 0.29) is 28.8 Å². The molecule has 0 saturated heterocycles. The fraction of sp³-hybridized carbons (Fsp3) is 0.150. The van der Waals surface area contributed by atoms with E-state index in [0.717, 1.165) is 10.2 Å². The highest BCUT2D eigenvalue weighted by molar-refractivity contribution is 7.91. The number of rotatable bonds is 4. The van der Waals surface area contributed by atoms with Gasteiger partial charge in [0.05, 0.1) is 23.1 Å². The SMILES string of the molecule is COc1ccc2nc(NC(=O)c3c(-c4ccc(Cl)cc4)nc4n3CCS4(=O)=O)sc2c1. The second-order valence-corrected chi connectivity index (χ2v) is 10.3. The lowest BCUT2D eigenvalue weighted by molar-refractivity contribution is 0.101. The van der Waals surface area contributed by atoms with Crippen molar-refractivity contribution in [2.24, 2.45) is 0 Å². The first kappa shape index (κ1) is 20.0. The highest BCUT2D eigenvalue weighted by Gasteiger charge is 2.35. The Kier molecular flexibility index (Phi) is 4.72. The molecule has 0 atom stereocenters. The van der Waals surface area contributed by atoms with Crippen LogP contribution in [0.3, 0.4) is 0 Å². The number of thiazole rings is 1. The molecule has 1 aliphatic heterocycles. The van der Waals surface area contributed by atoms with E-state index in [2.05, 4.69) is 15.3 Å². The molecule has 31 heavy (non-hydrogen) atoms. The molecule has 3 heterocycles. The summed E-state index contributed by atoms with van der Waals surface area (Å²) in [5.41, 5.74) is 1.78. The van der Waals surface area contributed by atoms with E-state index in [1.807, 2.05) is 12.1 Å². The van der Waals surface area contributed by atoms with Crippen molar-refractivity contribution in [2.45, 2.75) is 11.7 Å². The van der Waals surface area contributed by atoms with Crippen molar-refractivity contribution < 1.29 is 17.9 Å². The standard InChI is InChI=1S/C20H15ClN4O4S2/c1-29-13-6-7-14-15(10-13)30-19(22-14)24-18(26)17-16(11-2-4-12(21)5-3-11)23-20-25(17)8-9-31(20,27)28/h2-7,10H,8-9H2,1H3,(H,22,24,26). The van der Waals surface area contributed by atoms with Crippen molar-refractivity contribution in [3.05, 3.63) is 53.2 Å². The third kappa shape index (κ3) is 3.46. The van der Waals surface area contributed by atoms with E-state index < -0.39 is 15.7 Å². The molecule has 0 fully saturated rings. The van der Waals surface area contributed by atoms with Crippen molar-refractivity contribution >= 4 is 54.0 Å². The van der Waals surface area contributed by atoms with Crippen molar-refractivity contribution in [3.8, 4) is 17.0 Å². The number of hydrogen-bond donors (Lipinski definition) is 1. The molecule has 0 saturated carbocycles. The summed E-state index contributed by atoms with van der Waals surface area (Å²) in [6.07, 6.45) is 0. The zero-order valence-corrected chi connectivity index (χ0v) is 18.5. The maximum Gasteiger partial charge on any atom is 0.276 e. The number of hydrogen-bond acceptors (Lipinski definition) is 7. The molecule has 5 rings (SSSR count). The molecule has 4 aromatic rings. The van der Waals surface area contributed by atoms with Gasteiger partial charge < -0.3 is 9.30 Å². The highest BCUT2D eigenvalue weighted by atomic mass is 35.5. The number of halogens is 1. The lowest BCUT2D eigenvalue weighted by Gasteiger charge is -2.07. The fourth-order valence-corrected chi connectivity index (χ4v) is 5.83. The number of nitrogens with one attached hydrogen (secondary N) is 1. The lowest BCUT2D eigenvalue weighted by Crippen LogP contribution is -2.17. The number of carbonyl (C=O) groups is 1. The van der Waals surface area contributed by atoms with Crippen LogP contribution in [0.4, 0.5) is 5.13 Å². The molecule has 1 N–H and O–H groups in total. The summed E-state index contributed by atoms with van der Waals surface area (Å²) in [6, 6.07) is 12.2. The van der Waals surface area contributed by atoms with Gasteiger partial charge in [0.2, 0.25) is 15.0 Å². The molecule has 2 aromatic heterocycles. The minimum atomic E-state index is -3.54. The Balaban J connectivity index is 1.57. The number of anilines is 1. The summed E-state index contributed by atoms with van der Waals surface area (Å²) >= 11 is 7.27. The van der Waals surface area contributed by atoms with Gasteiger partial charge in [-0.15, -0.1) is 0 Å². The Labute approximate surface area is 186 Å².